The smallest absolute Gasteiger partial charge is 0.306 e. The van der Waals surface area contributed by atoms with Crippen molar-refractivity contribution in [2.45, 2.75) is 284 Å². The molecule has 0 aromatic rings. The summed E-state index contributed by atoms with van der Waals surface area (Å²) in [6.45, 7) is 7.57. The van der Waals surface area contributed by atoms with Gasteiger partial charge in [0.15, 0.2) is 6.10 Å². The van der Waals surface area contributed by atoms with Crippen LogP contribution in [0.25, 0.3) is 0 Å². The van der Waals surface area contributed by atoms with E-state index in [2.05, 4.69) is 118 Å². The molecule has 0 fully saturated rings. The molecule has 0 saturated heterocycles. The van der Waals surface area contributed by atoms with E-state index in [0.717, 1.165) is 103 Å². The summed E-state index contributed by atoms with van der Waals surface area (Å²) < 4.78 is 17.5. The van der Waals surface area contributed by atoms with Gasteiger partial charge in [0.05, 0.1) is 6.61 Å². The molecule has 0 aromatic heterocycles. The molecule has 402 valence electrons. The van der Waals surface area contributed by atoms with Crippen LogP contribution in [0.2, 0.25) is 0 Å². The van der Waals surface area contributed by atoms with Crippen molar-refractivity contribution in [3.05, 3.63) is 97.2 Å². The lowest BCUT2D eigenvalue weighted by molar-refractivity contribution is -0.163. The van der Waals surface area contributed by atoms with Crippen molar-refractivity contribution in [1.82, 2.24) is 0 Å². The van der Waals surface area contributed by atoms with Crippen LogP contribution < -0.4 is 0 Å². The van der Waals surface area contributed by atoms with Gasteiger partial charge in [-0.2, -0.15) is 0 Å². The van der Waals surface area contributed by atoms with Crippen LogP contribution in [0.3, 0.4) is 0 Å². The Balaban J connectivity index is 4.33. The second-order valence-corrected chi connectivity index (χ2v) is 19.5. The summed E-state index contributed by atoms with van der Waals surface area (Å²) in [6.07, 6.45) is 81.5. The molecule has 0 rings (SSSR count). The number of hydrogen-bond donors (Lipinski definition) is 0. The Morgan fingerprint density at radius 1 is 0.329 bits per heavy atom. The van der Waals surface area contributed by atoms with E-state index in [1.54, 1.807) is 0 Å². The van der Waals surface area contributed by atoms with Gasteiger partial charge in [0.1, 0.15) is 6.61 Å². The quantitative estimate of drug-likeness (QED) is 0.0345. The Kier molecular flexibility index (Phi) is 57.4. The Labute approximate surface area is 434 Å². The van der Waals surface area contributed by atoms with Crippen molar-refractivity contribution in [3.8, 4) is 0 Å². The zero-order valence-corrected chi connectivity index (χ0v) is 46.3. The van der Waals surface area contributed by atoms with Crippen molar-refractivity contribution in [2.75, 3.05) is 19.8 Å². The van der Waals surface area contributed by atoms with Crippen LogP contribution in [-0.2, 0) is 23.8 Å². The van der Waals surface area contributed by atoms with Gasteiger partial charge in [-0.3, -0.25) is 9.59 Å². The molecule has 0 aliphatic rings. The summed E-state index contributed by atoms with van der Waals surface area (Å²) in [6, 6.07) is 0. The number of esters is 2. The van der Waals surface area contributed by atoms with E-state index < -0.39 is 6.10 Å². The largest absolute Gasteiger partial charge is 0.462 e. The summed E-state index contributed by atoms with van der Waals surface area (Å²) in [4.78, 5) is 25.6. The molecule has 0 spiro atoms. The Bertz CT molecular complexity index is 1330. The molecule has 70 heavy (non-hydrogen) atoms. The predicted molar refractivity (Wildman–Crippen MR) is 306 cm³/mol. The lowest BCUT2D eigenvalue weighted by atomic mass is 10.1. The first-order valence-corrected chi connectivity index (χ1v) is 29.8. The highest BCUT2D eigenvalue weighted by molar-refractivity contribution is 5.70. The molecule has 0 amide bonds. The zero-order chi connectivity index (χ0) is 50.6. The SMILES string of the molecule is CC/C=C\C/C=C\C/C=C\C/C=C\CCCCCCCOCC(COC(=O)CCCCCCCCCCC/C=C\CCCCCCCC)OC(=O)CCCCCCCCC/C=C\C/C=C\C/C=C\CC. The number of carbonyl (C=O) groups is 2. The van der Waals surface area contributed by atoms with E-state index in [-0.39, 0.29) is 25.2 Å². The summed E-state index contributed by atoms with van der Waals surface area (Å²) in [5, 5.41) is 0. The summed E-state index contributed by atoms with van der Waals surface area (Å²) >= 11 is 0. The summed E-state index contributed by atoms with van der Waals surface area (Å²) in [5.74, 6) is -0.417. The van der Waals surface area contributed by atoms with Crippen molar-refractivity contribution in [1.29, 1.82) is 0 Å². The number of hydrogen-bond acceptors (Lipinski definition) is 5. The molecule has 0 N–H and O–H groups in total. The van der Waals surface area contributed by atoms with Crippen molar-refractivity contribution in [2.24, 2.45) is 0 Å². The third-order valence-corrected chi connectivity index (χ3v) is 12.6. The highest BCUT2D eigenvalue weighted by Crippen LogP contribution is 2.15. The third-order valence-electron chi connectivity index (χ3n) is 12.6. The molecule has 0 aliphatic heterocycles. The van der Waals surface area contributed by atoms with Crippen LogP contribution in [0, 0.1) is 0 Å². The average Bonchev–Trinajstić information content (AvgIpc) is 3.36. The molecule has 1 atom stereocenters. The van der Waals surface area contributed by atoms with Crippen LogP contribution in [0.5, 0.6) is 0 Å². The molecule has 0 aromatic carbocycles. The average molecular weight is 974 g/mol. The summed E-state index contributed by atoms with van der Waals surface area (Å²) in [5.41, 5.74) is 0. The number of rotatable bonds is 54. The van der Waals surface area contributed by atoms with Crippen molar-refractivity contribution >= 4 is 11.9 Å². The first-order valence-electron chi connectivity index (χ1n) is 29.8. The minimum atomic E-state index is -0.559. The minimum Gasteiger partial charge on any atom is -0.462 e. The van der Waals surface area contributed by atoms with Crippen molar-refractivity contribution in [3.63, 3.8) is 0 Å². The molecule has 5 heteroatoms. The van der Waals surface area contributed by atoms with Gasteiger partial charge in [-0.15, -0.1) is 0 Å². The second kappa shape index (κ2) is 60.1. The third kappa shape index (κ3) is 57.4. The van der Waals surface area contributed by atoms with E-state index in [9.17, 15) is 9.59 Å². The molecular formula is C65H112O5. The number of unbranched alkanes of at least 4 members (excludes halogenated alkanes) is 27. The van der Waals surface area contributed by atoms with Gasteiger partial charge in [0.2, 0.25) is 0 Å². The van der Waals surface area contributed by atoms with Crippen LogP contribution >= 0.6 is 0 Å². The van der Waals surface area contributed by atoms with Crippen LogP contribution in [0.1, 0.15) is 278 Å². The van der Waals surface area contributed by atoms with Gasteiger partial charge in [-0.05, 0) is 116 Å². The molecular weight excluding hydrogens is 861 g/mol. The number of carbonyl (C=O) groups excluding carboxylic acids is 2. The Hall–Kier alpha value is -3.18. The first-order chi connectivity index (χ1) is 34.6. The maximum atomic E-state index is 12.9. The highest BCUT2D eigenvalue weighted by atomic mass is 16.6. The molecule has 0 heterocycles. The topological polar surface area (TPSA) is 61.8 Å². The van der Waals surface area contributed by atoms with Gasteiger partial charge in [0, 0.05) is 19.4 Å². The fourth-order valence-corrected chi connectivity index (χ4v) is 8.22. The Morgan fingerprint density at radius 3 is 1.04 bits per heavy atom. The normalized spacial score (nSPS) is 12.9. The number of ether oxygens (including phenoxy) is 3. The van der Waals surface area contributed by atoms with Gasteiger partial charge in [0.25, 0.3) is 0 Å². The van der Waals surface area contributed by atoms with Crippen LogP contribution in [0.4, 0.5) is 0 Å². The van der Waals surface area contributed by atoms with E-state index >= 15 is 0 Å². The maximum Gasteiger partial charge on any atom is 0.306 e. The van der Waals surface area contributed by atoms with Crippen molar-refractivity contribution < 1.29 is 23.8 Å². The predicted octanol–water partition coefficient (Wildman–Crippen LogP) is 20.6. The maximum absolute atomic E-state index is 12.9. The molecule has 0 aliphatic carbocycles. The minimum absolute atomic E-state index is 0.0688. The lowest BCUT2D eigenvalue weighted by Crippen LogP contribution is -2.30. The standard InChI is InChI=1S/C65H112O5/c1-4-7-10-13-16-19-22-25-28-31-33-35-37-40-43-46-49-52-55-58-64(66)69-62-63(61-68-60-57-54-51-48-45-42-39-36-32-29-26-23-20-17-14-11-8-5-2)70-65(67)59-56-53-50-47-44-41-38-34-30-27-24-21-18-15-12-9-6-3/h8-9,11-12,17-18,20-21,25-30,36,39,63H,4-7,10,13-16,19,22-24,31-35,37-38,40-62H2,1-3H3/b11-8-,12-9-,20-17-,21-18-,28-25-,29-26-,30-27-,39-36-. The van der Waals surface area contributed by atoms with Gasteiger partial charge in [-0.1, -0.05) is 246 Å². The fraction of sp³-hybridized carbons (Fsp3) is 0.723. The van der Waals surface area contributed by atoms with E-state index in [0.29, 0.717) is 19.4 Å². The number of allylic oxidation sites excluding steroid dienone is 16. The van der Waals surface area contributed by atoms with E-state index in [4.69, 9.17) is 14.2 Å². The van der Waals surface area contributed by atoms with Gasteiger partial charge >= 0.3 is 11.9 Å². The first kappa shape index (κ1) is 66.8. The van der Waals surface area contributed by atoms with Gasteiger partial charge in [-0.25, -0.2) is 0 Å². The zero-order valence-electron chi connectivity index (χ0n) is 46.3. The van der Waals surface area contributed by atoms with E-state index in [1.165, 1.54) is 141 Å². The molecule has 1 unspecified atom stereocenters. The van der Waals surface area contributed by atoms with Crippen LogP contribution in [0.15, 0.2) is 97.2 Å². The van der Waals surface area contributed by atoms with Crippen LogP contribution in [-0.4, -0.2) is 37.9 Å². The second-order valence-electron chi connectivity index (χ2n) is 19.5. The highest BCUT2D eigenvalue weighted by Gasteiger charge is 2.17. The summed E-state index contributed by atoms with van der Waals surface area (Å²) in [7, 11) is 0. The molecule has 0 bridgehead atoms. The molecule has 0 radical (unpaired) electrons. The Morgan fingerprint density at radius 2 is 0.643 bits per heavy atom. The van der Waals surface area contributed by atoms with E-state index in [1.807, 2.05) is 0 Å². The monoisotopic (exact) mass is 973 g/mol. The fourth-order valence-electron chi connectivity index (χ4n) is 8.22. The molecule has 5 nitrogen and oxygen atoms in total. The van der Waals surface area contributed by atoms with Gasteiger partial charge < -0.3 is 14.2 Å². The molecule has 0 saturated carbocycles. The lowest BCUT2D eigenvalue weighted by Gasteiger charge is -2.18.